The Morgan fingerprint density at radius 1 is 0.724 bits per heavy atom. The molecule has 164 valence electrons. The van der Waals surface area contributed by atoms with Gasteiger partial charge in [-0.1, -0.05) is 90.4 Å². The highest BCUT2D eigenvalue weighted by molar-refractivity contribution is 5.65. The summed E-state index contributed by atoms with van der Waals surface area (Å²) >= 11 is 0. The summed E-state index contributed by atoms with van der Waals surface area (Å²) in [6, 6.07) is 3.72. The second-order valence-electron chi connectivity index (χ2n) is 7.74. The number of non-ortho nitro benzene ring substituents is 1. The highest BCUT2D eigenvalue weighted by Crippen LogP contribution is 2.28. The van der Waals surface area contributed by atoms with E-state index in [4.69, 9.17) is 0 Å². The summed E-state index contributed by atoms with van der Waals surface area (Å²) in [6.07, 6.45) is 18.0. The van der Waals surface area contributed by atoms with Gasteiger partial charge in [0.2, 0.25) is 0 Å². The van der Waals surface area contributed by atoms with Gasteiger partial charge in [-0.25, -0.2) is 0 Å². The van der Waals surface area contributed by atoms with E-state index in [1.807, 2.05) is 0 Å². The van der Waals surface area contributed by atoms with Gasteiger partial charge in [0.05, 0.1) is 15.9 Å². The third-order valence-electron chi connectivity index (χ3n) is 5.23. The van der Waals surface area contributed by atoms with Crippen molar-refractivity contribution < 1.29 is 9.85 Å². The summed E-state index contributed by atoms with van der Waals surface area (Å²) in [5.74, 6) is 0. The maximum absolute atomic E-state index is 11.1. The van der Waals surface area contributed by atoms with Crippen LogP contribution in [0.2, 0.25) is 0 Å². The molecule has 0 bridgehead atoms. The maximum Gasteiger partial charge on any atom is 0.299 e. The summed E-state index contributed by atoms with van der Waals surface area (Å²) in [4.78, 5) is 20.7. The van der Waals surface area contributed by atoms with Crippen LogP contribution in [0.15, 0.2) is 18.2 Å². The monoisotopic (exact) mass is 407 g/mol. The second kappa shape index (κ2) is 15.7. The second-order valence-corrected chi connectivity index (χ2v) is 7.74. The third-order valence-corrected chi connectivity index (χ3v) is 5.23. The summed E-state index contributed by atoms with van der Waals surface area (Å²) < 4.78 is 0. The lowest BCUT2D eigenvalue weighted by Crippen LogP contribution is -2.05. The molecule has 0 aliphatic rings. The lowest BCUT2D eigenvalue weighted by Gasteiger charge is -2.07. The van der Waals surface area contributed by atoms with Crippen molar-refractivity contribution in [3.63, 3.8) is 0 Å². The first-order valence-corrected chi connectivity index (χ1v) is 11.2. The number of benzene rings is 1. The fraction of sp³-hybridized carbons (Fsp3) is 0.727. The number of hydrogen-bond donors (Lipinski definition) is 1. The first-order valence-electron chi connectivity index (χ1n) is 11.2. The molecule has 0 aliphatic carbocycles. The quantitative estimate of drug-likeness (QED) is 0.155. The van der Waals surface area contributed by atoms with Gasteiger partial charge in [0.25, 0.3) is 11.4 Å². The number of nitro groups is 2. The molecule has 7 heteroatoms. The van der Waals surface area contributed by atoms with Crippen molar-refractivity contribution >= 4 is 17.1 Å². The van der Waals surface area contributed by atoms with Crippen molar-refractivity contribution in [3.8, 4) is 0 Å². The van der Waals surface area contributed by atoms with E-state index in [0.29, 0.717) is 12.2 Å². The first kappa shape index (κ1) is 24.9. The van der Waals surface area contributed by atoms with Crippen LogP contribution in [-0.4, -0.2) is 16.4 Å². The van der Waals surface area contributed by atoms with Gasteiger partial charge in [-0.3, -0.25) is 20.2 Å². The topological polar surface area (TPSA) is 98.3 Å². The van der Waals surface area contributed by atoms with Crippen LogP contribution in [0.3, 0.4) is 0 Å². The van der Waals surface area contributed by atoms with Gasteiger partial charge in [0.1, 0.15) is 5.69 Å². The van der Waals surface area contributed by atoms with Gasteiger partial charge in [-0.05, 0) is 12.5 Å². The van der Waals surface area contributed by atoms with E-state index in [-0.39, 0.29) is 11.4 Å². The van der Waals surface area contributed by atoms with E-state index in [9.17, 15) is 20.2 Å². The lowest BCUT2D eigenvalue weighted by atomic mass is 10.0. The largest absolute Gasteiger partial charge is 0.379 e. The zero-order chi connectivity index (χ0) is 21.3. The zero-order valence-electron chi connectivity index (χ0n) is 17.9. The molecule has 0 fully saturated rings. The van der Waals surface area contributed by atoms with Crippen molar-refractivity contribution in [2.75, 3.05) is 11.9 Å². The first-order chi connectivity index (χ1) is 14.1. The Morgan fingerprint density at radius 3 is 1.66 bits per heavy atom. The van der Waals surface area contributed by atoms with Crippen molar-refractivity contribution in [3.05, 3.63) is 38.4 Å². The Morgan fingerprint density at radius 2 is 1.21 bits per heavy atom. The molecule has 29 heavy (non-hydrogen) atoms. The van der Waals surface area contributed by atoms with Gasteiger partial charge >= 0.3 is 0 Å². The molecule has 1 aromatic carbocycles. The van der Waals surface area contributed by atoms with Crippen LogP contribution in [0, 0.1) is 20.2 Å². The SMILES string of the molecule is CCCCCCCCCCCCCCCCNc1ccc([N+](=O)[O-])cc1[N+](=O)[O-]. The highest BCUT2D eigenvalue weighted by atomic mass is 16.6. The van der Waals surface area contributed by atoms with E-state index in [2.05, 4.69) is 12.2 Å². The number of rotatable bonds is 18. The van der Waals surface area contributed by atoms with E-state index in [1.54, 1.807) is 0 Å². The van der Waals surface area contributed by atoms with Crippen LogP contribution in [0.1, 0.15) is 96.8 Å². The Hall–Kier alpha value is -2.18. The van der Waals surface area contributed by atoms with Gasteiger partial charge in [0, 0.05) is 12.6 Å². The summed E-state index contributed by atoms with van der Waals surface area (Å²) in [5.41, 5.74) is -0.168. The summed E-state index contributed by atoms with van der Waals surface area (Å²) in [5, 5.41) is 24.9. The number of unbranched alkanes of at least 4 members (excludes halogenated alkanes) is 13. The Kier molecular flexibility index (Phi) is 13.5. The molecule has 0 spiro atoms. The molecule has 0 amide bonds. The maximum atomic E-state index is 11.1. The van der Waals surface area contributed by atoms with E-state index in [0.717, 1.165) is 18.9 Å². The molecule has 1 rings (SSSR count). The molecule has 1 aromatic rings. The average Bonchev–Trinajstić information content (AvgIpc) is 2.70. The Bertz CT molecular complexity index is 608. The summed E-state index contributed by atoms with van der Waals surface area (Å²) in [7, 11) is 0. The van der Waals surface area contributed by atoms with Crippen LogP contribution in [0.5, 0.6) is 0 Å². The smallest absolute Gasteiger partial charge is 0.299 e. The highest BCUT2D eigenvalue weighted by Gasteiger charge is 2.18. The average molecular weight is 408 g/mol. The molecule has 0 heterocycles. The van der Waals surface area contributed by atoms with Crippen molar-refractivity contribution in [2.45, 2.75) is 96.8 Å². The minimum Gasteiger partial charge on any atom is -0.379 e. The van der Waals surface area contributed by atoms with Crippen molar-refractivity contribution in [1.29, 1.82) is 0 Å². The van der Waals surface area contributed by atoms with Gasteiger partial charge in [-0.2, -0.15) is 0 Å². The van der Waals surface area contributed by atoms with E-state index < -0.39 is 9.85 Å². The van der Waals surface area contributed by atoms with Crippen molar-refractivity contribution in [2.24, 2.45) is 0 Å². The molecular weight excluding hydrogens is 370 g/mol. The molecule has 0 aromatic heterocycles. The Labute approximate surface area is 174 Å². The molecule has 0 saturated heterocycles. The lowest BCUT2D eigenvalue weighted by molar-refractivity contribution is -0.393. The van der Waals surface area contributed by atoms with Crippen LogP contribution < -0.4 is 5.32 Å². The molecule has 0 radical (unpaired) electrons. The minimum atomic E-state index is -0.621. The molecule has 0 aliphatic heterocycles. The van der Waals surface area contributed by atoms with E-state index in [1.165, 1.54) is 89.2 Å². The fourth-order valence-corrected chi connectivity index (χ4v) is 3.48. The van der Waals surface area contributed by atoms with Crippen LogP contribution >= 0.6 is 0 Å². The van der Waals surface area contributed by atoms with Crippen LogP contribution in [0.4, 0.5) is 17.1 Å². The van der Waals surface area contributed by atoms with Gasteiger partial charge in [-0.15, -0.1) is 0 Å². The molecule has 0 saturated carbocycles. The molecule has 1 N–H and O–H groups in total. The normalized spacial score (nSPS) is 10.8. The number of nitrogens with one attached hydrogen (secondary N) is 1. The number of nitrogens with zero attached hydrogens (tertiary/aromatic N) is 2. The molecular formula is C22H37N3O4. The van der Waals surface area contributed by atoms with Crippen molar-refractivity contribution in [1.82, 2.24) is 0 Å². The number of nitro benzene ring substituents is 2. The Balaban J connectivity index is 2.03. The third kappa shape index (κ3) is 11.4. The molecule has 7 nitrogen and oxygen atoms in total. The summed E-state index contributed by atoms with van der Waals surface area (Å²) in [6.45, 7) is 2.89. The van der Waals surface area contributed by atoms with Gasteiger partial charge in [0.15, 0.2) is 0 Å². The predicted octanol–water partition coefficient (Wildman–Crippen LogP) is 7.40. The van der Waals surface area contributed by atoms with E-state index >= 15 is 0 Å². The zero-order valence-corrected chi connectivity index (χ0v) is 17.9. The van der Waals surface area contributed by atoms with Gasteiger partial charge < -0.3 is 5.32 Å². The predicted molar refractivity (Wildman–Crippen MR) is 119 cm³/mol. The van der Waals surface area contributed by atoms with Crippen LogP contribution in [-0.2, 0) is 0 Å². The minimum absolute atomic E-state index is 0.246. The fourth-order valence-electron chi connectivity index (χ4n) is 3.48. The number of anilines is 1. The standard InChI is InChI=1S/C22H37N3O4/c1-2-3-4-5-6-7-8-9-10-11-12-13-14-15-18-23-21-17-16-20(24(26)27)19-22(21)25(28)29/h16-17,19,23H,2-15,18H2,1H3. The van der Waals surface area contributed by atoms with Crippen LogP contribution in [0.25, 0.3) is 0 Å². The number of hydrogen-bond acceptors (Lipinski definition) is 5. The molecule has 0 unspecified atom stereocenters. The molecule has 0 atom stereocenters.